The van der Waals surface area contributed by atoms with Gasteiger partial charge in [-0.05, 0) is 30.3 Å². The molecule has 0 fully saturated rings. The zero-order chi connectivity index (χ0) is 43.9. The molecular formula is C39H26O21. The summed E-state index contributed by atoms with van der Waals surface area (Å²) in [5.41, 5.74) is -3.93. The summed E-state index contributed by atoms with van der Waals surface area (Å²) in [6.07, 6.45) is 0. The molecule has 0 aliphatic rings. The third-order valence-electron chi connectivity index (χ3n) is 8.38. The number of phenols is 14. The monoisotopic (exact) mass is 830 g/mol. The Labute approximate surface area is 332 Å². The lowest BCUT2D eigenvalue weighted by Crippen LogP contribution is -2.11. The highest BCUT2D eigenvalue weighted by Crippen LogP contribution is 2.43. The van der Waals surface area contributed by atoms with Crippen LogP contribution in [0.1, 0.15) is 47.8 Å². The number of rotatable bonds is 12. The molecule has 0 radical (unpaired) electrons. The van der Waals surface area contributed by atoms with Gasteiger partial charge in [-0.15, -0.1) is 0 Å². The Balaban J connectivity index is 1.38. The second-order valence-corrected chi connectivity index (χ2v) is 12.4. The number of carbonyl (C=O) groups excluding carboxylic acids is 3. The number of hydrogen-bond acceptors (Lipinski definition) is 21. The second kappa shape index (κ2) is 15.3. The average Bonchev–Trinajstić information content (AvgIpc) is 3.19. The molecule has 0 spiro atoms. The van der Waals surface area contributed by atoms with E-state index in [9.17, 15) is 85.9 Å². The van der Waals surface area contributed by atoms with Gasteiger partial charge in [-0.25, -0.2) is 0 Å². The van der Waals surface area contributed by atoms with Crippen molar-refractivity contribution in [3.05, 3.63) is 106 Å². The summed E-state index contributed by atoms with van der Waals surface area (Å²) in [7, 11) is 0. The number of phenolic OH excluding ortho intramolecular Hbond substituents is 14. The zero-order valence-corrected chi connectivity index (χ0v) is 29.5. The topological polar surface area (TPSA) is 371 Å². The molecule has 0 heterocycles. The highest BCUT2D eigenvalue weighted by Gasteiger charge is 2.28. The molecule has 6 aromatic rings. The number of benzene rings is 6. The quantitative estimate of drug-likeness (QED) is 0.0272. The van der Waals surface area contributed by atoms with Gasteiger partial charge in [-0.1, -0.05) is 0 Å². The molecule has 0 amide bonds. The Hall–Kier alpha value is -9.27. The molecule has 21 heteroatoms. The Kier molecular flexibility index (Phi) is 10.3. The lowest BCUT2D eigenvalue weighted by molar-refractivity contribution is -0.106. The summed E-state index contributed by atoms with van der Waals surface area (Å²) in [6, 6.07) is 8.13. The van der Waals surface area contributed by atoms with E-state index in [0.29, 0.717) is 48.5 Å². The van der Waals surface area contributed by atoms with E-state index in [2.05, 4.69) is 0 Å². The SMILES string of the molecule is O=C(c1cc(O)c(O)c(O)c1)c1cc(O)c(O)cc1OOc1cc(C(=O)c2cc(O)c(O)cc2O)c(OOc2cc(C(=O)c3cc(O)cc(O)c3O)c(O)cc2O)cc1O. The maximum absolute atomic E-state index is 13.8. The van der Waals surface area contributed by atoms with Crippen LogP contribution in [-0.4, -0.2) is 88.8 Å². The first-order chi connectivity index (χ1) is 28.2. The average molecular weight is 831 g/mol. The van der Waals surface area contributed by atoms with Crippen LogP contribution in [0.2, 0.25) is 0 Å². The molecule has 14 N–H and O–H groups in total. The number of ketones is 3. The molecular weight excluding hydrogens is 804 g/mol. The van der Waals surface area contributed by atoms with Crippen LogP contribution in [0.3, 0.4) is 0 Å². The Morgan fingerprint density at radius 2 is 0.667 bits per heavy atom. The molecule has 0 aromatic heterocycles. The van der Waals surface area contributed by atoms with E-state index in [0.717, 1.165) is 24.3 Å². The summed E-state index contributed by atoms with van der Waals surface area (Å²) in [4.78, 5) is 61.1. The van der Waals surface area contributed by atoms with Gasteiger partial charge in [0.1, 0.15) is 17.2 Å². The molecule has 6 aromatic carbocycles. The van der Waals surface area contributed by atoms with E-state index in [1.54, 1.807) is 0 Å². The van der Waals surface area contributed by atoms with Crippen LogP contribution in [0, 0.1) is 0 Å². The van der Waals surface area contributed by atoms with Crippen LogP contribution < -0.4 is 19.6 Å². The largest absolute Gasteiger partial charge is 0.508 e. The van der Waals surface area contributed by atoms with Crippen molar-refractivity contribution in [2.24, 2.45) is 0 Å². The molecule has 21 nitrogen and oxygen atoms in total. The zero-order valence-electron chi connectivity index (χ0n) is 29.5. The lowest BCUT2D eigenvalue weighted by atomic mass is 10.00. The first kappa shape index (κ1) is 40.4. The van der Waals surface area contributed by atoms with E-state index in [1.807, 2.05) is 0 Å². The van der Waals surface area contributed by atoms with Crippen LogP contribution in [-0.2, 0) is 0 Å². The molecule has 0 unspecified atom stereocenters. The minimum absolute atomic E-state index is 0.472. The van der Waals surface area contributed by atoms with Crippen LogP contribution in [0.15, 0.2) is 72.8 Å². The van der Waals surface area contributed by atoms with Gasteiger partial charge in [0.2, 0.25) is 23.1 Å². The van der Waals surface area contributed by atoms with Gasteiger partial charge in [-0.3, -0.25) is 33.9 Å². The van der Waals surface area contributed by atoms with Crippen molar-refractivity contribution in [3.8, 4) is 103 Å². The van der Waals surface area contributed by atoms with E-state index >= 15 is 0 Å². The maximum atomic E-state index is 13.8. The lowest BCUT2D eigenvalue weighted by Gasteiger charge is -2.16. The van der Waals surface area contributed by atoms with Crippen molar-refractivity contribution >= 4 is 17.3 Å². The predicted molar refractivity (Wildman–Crippen MR) is 195 cm³/mol. The fourth-order valence-corrected chi connectivity index (χ4v) is 5.36. The highest BCUT2D eigenvalue weighted by atomic mass is 17.2. The molecule has 0 aliphatic heterocycles. The normalized spacial score (nSPS) is 10.8. The summed E-state index contributed by atoms with van der Waals surface area (Å²) >= 11 is 0. The molecule has 0 aliphatic carbocycles. The summed E-state index contributed by atoms with van der Waals surface area (Å²) in [5.74, 6) is -19.0. The van der Waals surface area contributed by atoms with Crippen molar-refractivity contribution in [2.75, 3.05) is 0 Å². The van der Waals surface area contributed by atoms with Crippen molar-refractivity contribution in [1.82, 2.24) is 0 Å². The van der Waals surface area contributed by atoms with E-state index < -0.39 is 154 Å². The molecule has 0 saturated heterocycles. The summed E-state index contributed by atoms with van der Waals surface area (Å²) in [6.45, 7) is 0. The minimum Gasteiger partial charge on any atom is -0.508 e. The van der Waals surface area contributed by atoms with E-state index in [-0.39, 0.29) is 0 Å². The smallest absolute Gasteiger partial charge is 0.221 e. The van der Waals surface area contributed by atoms with Crippen LogP contribution in [0.5, 0.6) is 103 Å². The van der Waals surface area contributed by atoms with Crippen LogP contribution in [0.4, 0.5) is 0 Å². The molecule has 0 atom stereocenters. The van der Waals surface area contributed by atoms with Gasteiger partial charge in [0, 0.05) is 48.0 Å². The number of hydrogen-bond donors (Lipinski definition) is 14. The second-order valence-electron chi connectivity index (χ2n) is 12.4. The summed E-state index contributed by atoms with van der Waals surface area (Å²) in [5, 5.41) is 142. The molecule has 60 heavy (non-hydrogen) atoms. The maximum Gasteiger partial charge on any atom is 0.221 e. The van der Waals surface area contributed by atoms with Gasteiger partial charge in [0.05, 0.1) is 27.8 Å². The number of aromatic hydroxyl groups is 14. The Morgan fingerprint density at radius 3 is 1.25 bits per heavy atom. The van der Waals surface area contributed by atoms with Crippen LogP contribution in [0.25, 0.3) is 0 Å². The molecule has 308 valence electrons. The van der Waals surface area contributed by atoms with E-state index in [4.69, 9.17) is 19.6 Å². The van der Waals surface area contributed by atoms with Gasteiger partial charge >= 0.3 is 0 Å². The van der Waals surface area contributed by atoms with Gasteiger partial charge in [-0.2, -0.15) is 0 Å². The van der Waals surface area contributed by atoms with Crippen molar-refractivity contribution in [3.63, 3.8) is 0 Å². The van der Waals surface area contributed by atoms with Gasteiger partial charge in [0.25, 0.3) is 0 Å². The fourth-order valence-electron chi connectivity index (χ4n) is 5.36. The van der Waals surface area contributed by atoms with Crippen molar-refractivity contribution < 1.29 is 105 Å². The summed E-state index contributed by atoms with van der Waals surface area (Å²) < 4.78 is 0. The predicted octanol–water partition coefficient (Wildman–Crippen LogP) is 4.00. The molecule has 0 saturated carbocycles. The first-order valence-electron chi connectivity index (χ1n) is 16.3. The van der Waals surface area contributed by atoms with Gasteiger partial charge in [0.15, 0.2) is 80.5 Å². The van der Waals surface area contributed by atoms with Crippen molar-refractivity contribution in [2.45, 2.75) is 0 Å². The molecule has 6 rings (SSSR count). The number of carbonyl (C=O) groups is 3. The third-order valence-corrected chi connectivity index (χ3v) is 8.38. The third kappa shape index (κ3) is 7.62. The van der Waals surface area contributed by atoms with Crippen LogP contribution >= 0.6 is 0 Å². The fraction of sp³-hybridized carbons (Fsp3) is 0. The minimum atomic E-state index is -1.26. The molecule has 0 bridgehead atoms. The Morgan fingerprint density at radius 1 is 0.283 bits per heavy atom. The Bertz CT molecular complexity index is 2750. The van der Waals surface area contributed by atoms with Crippen molar-refractivity contribution in [1.29, 1.82) is 0 Å². The standard InChI is InChI=1S/C39H26O21/c40-14-3-19(38(55)30(51)4-14)37(54)16-7-33(26(47)10-21(16)42)59-58-32-12-27(48)34(8-18(32)36(53)15-5-22(43)24(45)9-20(15)41)60-57-31-11-25(46)23(44)6-17(31)35(52)13-1-28(49)39(56)29(50)2-13/h1-12,40-51,55-56H. The van der Waals surface area contributed by atoms with Gasteiger partial charge < -0.3 is 71.5 Å². The highest BCUT2D eigenvalue weighted by molar-refractivity contribution is 6.14. The van der Waals surface area contributed by atoms with E-state index in [1.165, 1.54) is 0 Å². The first-order valence-corrected chi connectivity index (χ1v) is 16.3.